The van der Waals surface area contributed by atoms with Gasteiger partial charge < -0.3 is 30.5 Å². The largest absolute Gasteiger partial charge is 0.493 e. The number of hydrogen-bond acceptors (Lipinski definition) is 13. The number of ether oxygens (including phenoxy) is 1. The van der Waals surface area contributed by atoms with Gasteiger partial charge in [-0.1, -0.05) is 53.8 Å². The summed E-state index contributed by atoms with van der Waals surface area (Å²) in [5.74, 6) is -0.456. The number of piperidine rings is 2. The number of aromatic carboxylic acids is 1. The van der Waals surface area contributed by atoms with Crippen molar-refractivity contribution in [2.75, 3.05) is 48.3 Å². The highest BCUT2D eigenvalue weighted by Crippen LogP contribution is 2.61. The lowest BCUT2D eigenvalue weighted by molar-refractivity contribution is -0.134. The number of likely N-dealkylation sites (tertiary alicyclic amines) is 1. The van der Waals surface area contributed by atoms with Gasteiger partial charge in [-0.25, -0.2) is 14.8 Å². The SMILES string of the molecule is Cc1c(OCC[C@H]2CC23CCN(CC(=O)Nc2ccc4c(C5CCC(=O)NC5=O)nn(C)c4c2)CC3)cccc1-c1ccc(N2CCc3cccc(C(O)Nc4nc5ccccc5s4)c3C2)nc1C(=O)O. The second kappa shape index (κ2) is 18.8. The van der Waals surface area contributed by atoms with Gasteiger partial charge in [0.2, 0.25) is 17.7 Å². The van der Waals surface area contributed by atoms with E-state index in [4.69, 9.17) is 9.72 Å². The lowest BCUT2D eigenvalue weighted by Gasteiger charge is -2.32. The summed E-state index contributed by atoms with van der Waals surface area (Å²) < 4.78 is 9.16. The maximum Gasteiger partial charge on any atom is 0.355 e. The minimum Gasteiger partial charge on any atom is -0.493 e. The molecular weight excluding hydrogens is 919 g/mol. The predicted octanol–water partition coefficient (Wildman–Crippen LogP) is 7.95. The summed E-state index contributed by atoms with van der Waals surface area (Å²) in [5.41, 5.74) is 8.21. The Labute approximate surface area is 414 Å². The number of aliphatic hydroxyl groups is 1. The van der Waals surface area contributed by atoms with Crippen molar-refractivity contribution in [2.45, 2.75) is 70.6 Å². The third-order valence-electron chi connectivity index (χ3n) is 15.2. The average molecular weight is 974 g/mol. The first-order chi connectivity index (χ1) is 34.4. The zero-order chi connectivity index (χ0) is 49.0. The first-order valence-corrected chi connectivity index (χ1v) is 25.2. The lowest BCUT2D eigenvalue weighted by atomic mass is 9.90. The van der Waals surface area contributed by atoms with Crippen LogP contribution < -0.4 is 25.6 Å². The fourth-order valence-electron chi connectivity index (χ4n) is 11.2. The van der Waals surface area contributed by atoms with E-state index in [0.717, 1.165) is 87.7 Å². The Morgan fingerprint density at radius 2 is 1.79 bits per heavy atom. The van der Waals surface area contributed by atoms with Crippen molar-refractivity contribution in [3.63, 3.8) is 0 Å². The number of amides is 3. The van der Waals surface area contributed by atoms with Gasteiger partial charge in [0.25, 0.3) is 0 Å². The number of benzene rings is 4. The fraction of sp³-hybridized carbons (Fsp3) is 0.352. The van der Waals surface area contributed by atoms with Crippen LogP contribution in [0.5, 0.6) is 5.75 Å². The molecule has 1 saturated carbocycles. The molecule has 6 heterocycles. The summed E-state index contributed by atoms with van der Waals surface area (Å²) in [4.78, 5) is 64.0. The van der Waals surface area contributed by atoms with Crippen LogP contribution in [0.25, 0.3) is 32.2 Å². The summed E-state index contributed by atoms with van der Waals surface area (Å²) in [7, 11) is 1.81. The molecule has 17 heteroatoms. The number of rotatable bonds is 14. The van der Waals surface area contributed by atoms with E-state index < -0.39 is 18.1 Å². The Morgan fingerprint density at radius 3 is 2.61 bits per heavy atom. The van der Waals surface area contributed by atoms with Crippen LogP contribution >= 0.6 is 11.3 Å². The number of nitrogens with zero attached hydrogens (tertiary/aromatic N) is 6. The van der Waals surface area contributed by atoms with Crippen LogP contribution in [0.15, 0.2) is 91.0 Å². The van der Waals surface area contributed by atoms with E-state index in [2.05, 4.69) is 41.9 Å². The average Bonchev–Trinajstić information content (AvgIpc) is 3.68. The van der Waals surface area contributed by atoms with Gasteiger partial charge in [0.05, 0.1) is 40.5 Å². The molecule has 1 aliphatic carbocycles. The molecule has 3 aromatic heterocycles. The van der Waals surface area contributed by atoms with Crippen LogP contribution in [-0.4, -0.2) is 91.3 Å². The number of aryl methyl sites for hydroxylation is 1. The number of thiazole rings is 1. The van der Waals surface area contributed by atoms with Crippen LogP contribution in [0.4, 0.5) is 16.6 Å². The molecule has 16 nitrogen and oxygen atoms in total. The maximum absolute atomic E-state index is 13.2. The van der Waals surface area contributed by atoms with Crippen molar-refractivity contribution in [3.05, 3.63) is 125 Å². The molecule has 4 aliphatic rings. The summed E-state index contributed by atoms with van der Waals surface area (Å²) in [5, 5.41) is 36.7. The normalized spacial score (nSPS) is 19.1. The number of anilines is 3. The van der Waals surface area contributed by atoms with Crippen LogP contribution in [0.3, 0.4) is 0 Å². The third-order valence-corrected chi connectivity index (χ3v) is 16.1. The van der Waals surface area contributed by atoms with Gasteiger partial charge in [-0.15, -0.1) is 0 Å². The molecular formula is C54H55N9O7S. The zero-order valence-corrected chi connectivity index (χ0v) is 40.4. The highest BCUT2D eigenvalue weighted by Gasteiger charge is 2.54. The van der Waals surface area contributed by atoms with Crippen molar-refractivity contribution in [1.82, 2.24) is 30.0 Å². The molecule has 3 amide bonds. The van der Waals surface area contributed by atoms with Crippen LogP contribution in [0, 0.1) is 18.3 Å². The summed E-state index contributed by atoms with van der Waals surface area (Å²) >= 11 is 1.49. The molecule has 1 spiro atoms. The fourth-order valence-corrected chi connectivity index (χ4v) is 12.0. The monoisotopic (exact) mass is 973 g/mol. The number of carboxylic acids is 1. The Balaban J connectivity index is 0.678. The minimum absolute atomic E-state index is 0.0311. The van der Waals surface area contributed by atoms with Crippen molar-refractivity contribution in [2.24, 2.45) is 18.4 Å². The molecule has 4 aromatic carbocycles. The second-order valence-corrected chi connectivity index (χ2v) is 20.5. The van der Waals surface area contributed by atoms with Gasteiger partial charge >= 0.3 is 5.97 Å². The van der Waals surface area contributed by atoms with Gasteiger partial charge in [-0.3, -0.25) is 29.3 Å². The Kier molecular flexibility index (Phi) is 12.3. The standard InChI is InChI=1S/C54H55N9O7S/c1-31-35(36-15-17-45(57-49(36)52(68)69)63-23-19-32-7-5-9-37(40(32)29-63)50(66)59-53-56-41-10-3-4-12-44(41)71-53)8-6-11-43(31)70-26-20-33-28-54(33)21-24-62(25-22-54)30-47(65)55-34-13-14-38-42(27-34)61(2)60-48(38)39-16-18-46(64)58-51(39)67/h3-15,17,27,33,39,50,66H,16,18-26,28-30H2,1-2H3,(H,55,65)(H,56,59)(H,68,69)(H,58,64,67)/t33-,39?,50?/m0/s1. The van der Waals surface area contributed by atoms with Gasteiger partial charge in [0, 0.05) is 48.8 Å². The molecule has 11 rings (SSSR count). The molecule has 0 radical (unpaired) electrons. The van der Waals surface area contributed by atoms with E-state index in [-0.39, 0.29) is 35.3 Å². The van der Waals surface area contributed by atoms with Gasteiger partial charge in [-0.05, 0) is 141 Å². The highest BCUT2D eigenvalue weighted by molar-refractivity contribution is 7.22. The number of carbonyl (C=O) groups excluding carboxylic acids is 3. The number of aromatic nitrogens is 4. The van der Waals surface area contributed by atoms with Crippen LogP contribution in [0.2, 0.25) is 0 Å². The van der Waals surface area contributed by atoms with E-state index in [9.17, 15) is 29.4 Å². The van der Waals surface area contributed by atoms with E-state index in [1.165, 1.54) is 11.3 Å². The van der Waals surface area contributed by atoms with Crippen molar-refractivity contribution in [1.29, 1.82) is 0 Å². The van der Waals surface area contributed by atoms with E-state index >= 15 is 0 Å². The number of carboxylic acid groups (broad SMARTS) is 1. The molecule has 364 valence electrons. The van der Waals surface area contributed by atoms with Gasteiger partial charge in [0.15, 0.2) is 17.1 Å². The van der Waals surface area contributed by atoms with E-state index in [1.54, 1.807) is 4.68 Å². The number of para-hydroxylation sites is 1. The molecule has 3 fully saturated rings. The first kappa shape index (κ1) is 46.2. The number of nitrogens with one attached hydrogen (secondary N) is 3. The molecule has 71 heavy (non-hydrogen) atoms. The molecule has 0 bridgehead atoms. The number of hydrogen-bond donors (Lipinski definition) is 5. The second-order valence-electron chi connectivity index (χ2n) is 19.5. The van der Waals surface area contributed by atoms with E-state index in [0.29, 0.717) is 78.6 Å². The van der Waals surface area contributed by atoms with Gasteiger partial charge in [0.1, 0.15) is 11.6 Å². The molecule has 7 aromatic rings. The highest BCUT2D eigenvalue weighted by atomic mass is 32.1. The minimum atomic E-state index is -1.11. The lowest BCUT2D eigenvalue weighted by Crippen LogP contribution is -2.40. The first-order valence-electron chi connectivity index (χ1n) is 24.4. The number of fused-ring (bicyclic) bond motifs is 3. The van der Waals surface area contributed by atoms with Crippen LogP contribution in [0.1, 0.15) is 89.1 Å². The summed E-state index contributed by atoms with van der Waals surface area (Å²) in [6, 6.07) is 28.9. The summed E-state index contributed by atoms with van der Waals surface area (Å²) in [6.45, 7) is 5.61. The number of carbonyl (C=O) groups is 4. The van der Waals surface area contributed by atoms with E-state index in [1.807, 2.05) is 98.9 Å². The Hall–Kier alpha value is -7.21. The van der Waals surface area contributed by atoms with Crippen molar-refractivity contribution >= 4 is 72.8 Å². The number of aliphatic hydroxyl groups excluding tert-OH is 1. The Morgan fingerprint density at radius 1 is 0.958 bits per heavy atom. The van der Waals surface area contributed by atoms with Gasteiger partial charge in [-0.2, -0.15) is 5.10 Å². The zero-order valence-electron chi connectivity index (χ0n) is 39.6. The van der Waals surface area contributed by atoms with Crippen molar-refractivity contribution < 1.29 is 34.1 Å². The number of pyridine rings is 1. The van der Waals surface area contributed by atoms with Crippen molar-refractivity contribution in [3.8, 4) is 16.9 Å². The third kappa shape index (κ3) is 9.20. The summed E-state index contributed by atoms with van der Waals surface area (Å²) in [6.07, 6.45) is 4.54. The van der Waals surface area contributed by atoms with Crippen LogP contribution in [-0.2, 0) is 34.4 Å². The smallest absolute Gasteiger partial charge is 0.355 e. The Bertz CT molecular complexity index is 3220. The quantitative estimate of drug-likeness (QED) is 0.0519. The number of imide groups is 1. The molecule has 2 unspecified atom stereocenters. The predicted molar refractivity (Wildman–Crippen MR) is 272 cm³/mol. The molecule has 3 atom stereocenters. The maximum atomic E-state index is 13.2. The topological polar surface area (TPSA) is 204 Å². The molecule has 5 N–H and O–H groups in total. The molecule has 2 saturated heterocycles. The molecule has 3 aliphatic heterocycles.